The van der Waals surface area contributed by atoms with Crippen LogP contribution in [0, 0.1) is 0 Å². The maximum absolute atomic E-state index is 12.9. The molecule has 2 aromatic heterocycles. The molecular weight excluding hydrogens is 354 g/mol. The number of nitrogens with zero attached hydrogens (tertiary/aromatic N) is 3. The summed E-state index contributed by atoms with van der Waals surface area (Å²) >= 11 is 1.43. The average Bonchev–Trinajstić information content (AvgIpc) is 3.22. The molecule has 0 saturated carbocycles. The van der Waals surface area contributed by atoms with Crippen LogP contribution in [-0.2, 0) is 0 Å². The summed E-state index contributed by atoms with van der Waals surface area (Å²) in [6, 6.07) is 16.1. The standard InChI is InChI=1S/C22H17N3OS/c1-2-24-16(12-11-15-7-3-5-9-18(15)24)13-14-20-21(26)25-19-10-6-4-8-17(19)23-22(25)27-20/h3-14H,2H2,1H3/b16-13+,20-14-. The second-order valence-corrected chi connectivity index (χ2v) is 7.39. The number of benzene rings is 2. The Kier molecular flexibility index (Phi) is 3.69. The van der Waals surface area contributed by atoms with Crippen molar-refractivity contribution in [2.45, 2.75) is 6.92 Å². The van der Waals surface area contributed by atoms with Crippen LogP contribution in [-0.4, -0.2) is 15.9 Å². The van der Waals surface area contributed by atoms with Crippen LogP contribution in [0.1, 0.15) is 12.5 Å². The van der Waals surface area contributed by atoms with E-state index in [0.29, 0.717) is 4.53 Å². The number of hydrogen-bond donors (Lipinski definition) is 0. The first-order valence-electron chi connectivity index (χ1n) is 8.93. The van der Waals surface area contributed by atoms with E-state index in [0.717, 1.165) is 28.2 Å². The van der Waals surface area contributed by atoms with Crippen LogP contribution in [0.25, 0.3) is 28.1 Å². The summed E-state index contributed by atoms with van der Waals surface area (Å²) in [6.45, 7) is 3.00. The molecule has 3 heterocycles. The molecule has 0 fully saturated rings. The summed E-state index contributed by atoms with van der Waals surface area (Å²) in [5, 5.41) is 0. The Labute approximate surface area is 160 Å². The minimum absolute atomic E-state index is 0.0104. The molecule has 132 valence electrons. The number of fused-ring (bicyclic) bond motifs is 4. The number of allylic oxidation sites excluding steroid dienone is 2. The van der Waals surface area contributed by atoms with Crippen molar-refractivity contribution in [2.24, 2.45) is 0 Å². The summed E-state index contributed by atoms with van der Waals surface area (Å²) in [5.41, 5.74) is 5.19. The smallest absolute Gasteiger partial charge is 0.274 e. The number of imidazole rings is 1. The minimum Gasteiger partial charge on any atom is -0.341 e. The number of hydrogen-bond acceptors (Lipinski definition) is 4. The van der Waals surface area contributed by atoms with Crippen LogP contribution in [0.3, 0.4) is 0 Å². The van der Waals surface area contributed by atoms with Crippen LogP contribution >= 0.6 is 11.3 Å². The number of rotatable bonds is 2. The third kappa shape index (κ3) is 2.51. The van der Waals surface area contributed by atoms with Crippen LogP contribution in [0.2, 0.25) is 0 Å². The van der Waals surface area contributed by atoms with E-state index in [-0.39, 0.29) is 5.56 Å². The highest BCUT2D eigenvalue weighted by molar-refractivity contribution is 7.15. The van der Waals surface area contributed by atoms with Crippen molar-refractivity contribution in [1.29, 1.82) is 0 Å². The molecule has 4 aromatic rings. The lowest BCUT2D eigenvalue weighted by Gasteiger charge is -2.29. The first-order chi connectivity index (χ1) is 13.3. The third-order valence-corrected chi connectivity index (χ3v) is 5.83. The molecule has 1 aliphatic heterocycles. The fraction of sp³-hybridized carbons (Fsp3) is 0.0909. The molecule has 0 amide bonds. The van der Waals surface area contributed by atoms with E-state index in [1.165, 1.54) is 22.6 Å². The molecule has 5 rings (SSSR count). The molecule has 5 heteroatoms. The van der Waals surface area contributed by atoms with Crippen LogP contribution in [0.15, 0.2) is 71.2 Å². The van der Waals surface area contributed by atoms with Crippen molar-refractivity contribution in [1.82, 2.24) is 9.38 Å². The summed E-state index contributed by atoms with van der Waals surface area (Å²) in [5.74, 6) is 0. The Morgan fingerprint density at radius 2 is 1.85 bits per heavy atom. The molecule has 0 unspecified atom stereocenters. The minimum atomic E-state index is -0.0104. The zero-order valence-corrected chi connectivity index (χ0v) is 15.6. The molecule has 0 aliphatic carbocycles. The van der Waals surface area contributed by atoms with Gasteiger partial charge in [0.1, 0.15) is 0 Å². The zero-order chi connectivity index (χ0) is 18.4. The summed E-state index contributed by atoms with van der Waals surface area (Å²) in [7, 11) is 0. The lowest BCUT2D eigenvalue weighted by atomic mass is 10.1. The van der Waals surface area contributed by atoms with E-state index in [1.807, 2.05) is 42.5 Å². The lowest BCUT2D eigenvalue weighted by molar-refractivity contribution is 0.972. The number of likely N-dealkylation sites (N-methyl/N-ethyl adjacent to an activating group) is 1. The van der Waals surface area contributed by atoms with Gasteiger partial charge in [-0.1, -0.05) is 47.7 Å². The molecular formula is C22H17N3OS. The van der Waals surface area contributed by atoms with E-state index < -0.39 is 0 Å². The summed E-state index contributed by atoms with van der Waals surface area (Å²) in [6.07, 6.45) is 8.15. The molecule has 0 atom stereocenters. The predicted octanol–water partition coefficient (Wildman–Crippen LogP) is 3.85. The van der Waals surface area contributed by atoms with E-state index in [2.05, 4.69) is 47.2 Å². The number of anilines is 1. The Morgan fingerprint density at radius 1 is 1.04 bits per heavy atom. The predicted molar refractivity (Wildman–Crippen MR) is 113 cm³/mol. The maximum Gasteiger partial charge on any atom is 0.274 e. The second kappa shape index (κ2) is 6.21. The van der Waals surface area contributed by atoms with Gasteiger partial charge in [-0.25, -0.2) is 9.38 Å². The monoisotopic (exact) mass is 371 g/mol. The average molecular weight is 371 g/mol. The zero-order valence-electron chi connectivity index (χ0n) is 14.8. The number of para-hydroxylation sites is 3. The molecule has 0 N–H and O–H groups in total. The molecule has 1 aliphatic rings. The number of aromatic nitrogens is 2. The molecule has 0 saturated heterocycles. The number of thiazole rings is 1. The fourth-order valence-corrected chi connectivity index (χ4v) is 4.49. The van der Waals surface area contributed by atoms with Crippen molar-refractivity contribution in [2.75, 3.05) is 11.4 Å². The molecule has 0 radical (unpaired) electrons. The van der Waals surface area contributed by atoms with Crippen LogP contribution in [0.4, 0.5) is 5.69 Å². The van der Waals surface area contributed by atoms with Gasteiger partial charge in [-0.2, -0.15) is 0 Å². The van der Waals surface area contributed by atoms with Gasteiger partial charge in [-0.05, 0) is 48.9 Å². The van der Waals surface area contributed by atoms with Crippen molar-refractivity contribution >= 4 is 45.2 Å². The van der Waals surface area contributed by atoms with Gasteiger partial charge in [0, 0.05) is 17.9 Å². The van der Waals surface area contributed by atoms with Crippen molar-refractivity contribution in [3.05, 3.63) is 86.8 Å². The topological polar surface area (TPSA) is 37.6 Å². The fourth-order valence-electron chi connectivity index (χ4n) is 3.56. The maximum atomic E-state index is 12.9. The van der Waals surface area contributed by atoms with Gasteiger partial charge < -0.3 is 4.90 Å². The third-order valence-electron chi connectivity index (χ3n) is 4.84. The van der Waals surface area contributed by atoms with Crippen molar-refractivity contribution in [3.8, 4) is 0 Å². The SMILES string of the molecule is CCN1/C(=C/C=c2\sc3nc4ccccc4n3c2=O)C=Cc2ccccc21. The van der Waals surface area contributed by atoms with Gasteiger partial charge >= 0.3 is 0 Å². The normalized spacial score (nSPS) is 16.0. The summed E-state index contributed by atoms with van der Waals surface area (Å²) < 4.78 is 2.40. The molecule has 0 spiro atoms. The highest BCUT2D eigenvalue weighted by Crippen LogP contribution is 2.30. The lowest BCUT2D eigenvalue weighted by Crippen LogP contribution is -2.24. The van der Waals surface area contributed by atoms with Gasteiger partial charge in [0.05, 0.1) is 15.6 Å². The van der Waals surface area contributed by atoms with E-state index >= 15 is 0 Å². The first-order valence-corrected chi connectivity index (χ1v) is 9.74. The molecule has 2 aromatic carbocycles. The quantitative estimate of drug-likeness (QED) is 0.537. The van der Waals surface area contributed by atoms with Crippen molar-refractivity contribution < 1.29 is 0 Å². The Morgan fingerprint density at radius 3 is 2.74 bits per heavy atom. The van der Waals surface area contributed by atoms with Crippen LogP contribution < -0.4 is 15.0 Å². The van der Waals surface area contributed by atoms with E-state index in [9.17, 15) is 4.79 Å². The van der Waals surface area contributed by atoms with Gasteiger partial charge in [0.2, 0.25) is 0 Å². The van der Waals surface area contributed by atoms with E-state index in [4.69, 9.17) is 0 Å². The Bertz CT molecular complexity index is 1340. The van der Waals surface area contributed by atoms with Gasteiger partial charge in [-0.3, -0.25) is 4.79 Å². The molecule has 4 nitrogen and oxygen atoms in total. The molecule has 0 bridgehead atoms. The highest BCUT2D eigenvalue weighted by Gasteiger charge is 2.15. The highest BCUT2D eigenvalue weighted by atomic mass is 32.1. The van der Waals surface area contributed by atoms with Gasteiger partial charge in [0.25, 0.3) is 5.56 Å². The largest absolute Gasteiger partial charge is 0.341 e. The summed E-state index contributed by atoms with van der Waals surface area (Å²) in [4.78, 5) is 20.4. The van der Waals surface area contributed by atoms with E-state index in [1.54, 1.807) is 4.40 Å². The van der Waals surface area contributed by atoms with Crippen molar-refractivity contribution in [3.63, 3.8) is 0 Å². The second-order valence-electron chi connectivity index (χ2n) is 6.38. The first kappa shape index (κ1) is 16.0. The van der Waals surface area contributed by atoms with Gasteiger partial charge in [0.15, 0.2) is 4.96 Å². The molecule has 27 heavy (non-hydrogen) atoms. The van der Waals surface area contributed by atoms with Gasteiger partial charge in [-0.15, -0.1) is 0 Å². The Hall–Kier alpha value is -3.18. The van der Waals surface area contributed by atoms with Crippen LogP contribution in [0.5, 0.6) is 0 Å². The Balaban J connectivity index is 1.63.